The lowest BCUT2D eigenvalue weighted by atomic mass is 10.2. The van der Waals surface area contributed by atoms with Gasteiger partial charge in [0.1, 0.15) is 24.0 Å². The lowest BCUT2D eigenvalue weighted by molar-refractivity contribution is -0.0204. The minimum Gasteiger partial charge on any atom is -0.394 e. The fourth-order valence-electron chi connectivity index (χ4n) is 2.25. The Morgan fingerprint density at radius 2 is 2.35 bits per heavy atom. The van der Waals surface area contributed by atoms with Crippen molar-refractivity contribution in [2.45, 2.75) is 25.2 Å². The van der Waals surface area contributed by atoms with Crippen LogP contribution in [-0.4, -0.2) is 32.4 Å². The first-order valence-corrected chi connectivity index (χ1v) is 5.63. The van der Waals surface area contributed by atoms with E-state index in [1.807, 2.05) is 16.8 Å². The third kappa shape index (κ3) is 1.65. The number of rotatable bonds is 2. The minimum atomic E-state index is -0.0726. The van der Waals surface area contributed by atoms with Gasteiger partial charge in [-0.3, -0.25) is 0 Å². The molecule has 2 atom stereocenters. The van der Waals surface area contributed by atoms with Crippen LogP contribution in [0.5, 0.6) is 0 Å². The second-order valence-corrected chi connectivity index (χ2v) is 4.19. The van der Waals surface area contributed by atoms with E-state index < -0.39 is 0 Å². The molecular weight excluding hydrogens is 220 g/mol. The molecule has 90 valence electrons. The molecule has 2 aromatic heterocycles. The quantitative estimate of drug-likeness (QED) is 0.798. The largest absolute Gasteiger partial charge is 0.394 e. The summed E-state index contributed by atoms with van der Waals surface area (Å²) in [7, 11) is 0. The van der Waals surface area contributed by atoms with Crippen molar-refractivity contribution in [3.63, 3.8) is 0 Å². The zero-order valence-corrected chi connectivity index (χ0v) is 9.28. The molecule has 1 aliphatic heterocycles. The van der Waals surface area contributed by atoms with Gasteiger partial charge in [-0.15, -0.1) is 0 Å². The van der Waals surface area contributed by atoms with Crippen molar-refractivity contribution in [2.75, 3.05) is 12.3 Å². The van der Waals surface area contributed by atoms with Gasteiger partial charge < -0.3 is 20.1 Å². The average Bonchev–Trinajstić information content (AvgIpc) is 2.94. The highest BCUT2D eigenvalue weighted by atomic mass is 16.5. The number of nitrogens with zero attached hydrogens (tertiary/aromatic N) is 3. The monoisotopic (exact) mass is 234 g/mol. The summed E-state index contributed by atoms with van der Waals surface area (Å²) in [6.07, 6.45) is 4.95. The first-order chi connectivity index (χ1) is 8.29. The molecule has 0 bridgehead atoms. The molecular formula is C11H14N4O2. The van der Waals surface area contributed by atoms with Gasteiger partial charge in [0, 0.05) is 6.20 Å². The first-order valence-electron chi connectivity index (χ1n) is 5.63. The van der Waals surface area contributed by atoms with Gasteiger partial charge in [-0.2, -0.15) is 0 Å². The van der Waals surface area contributed by atoms with Crippen LogP contribution in [0.1, 0.15) is 19.1 Å². The van der Waals surface area contributed by atoms with E-state index in [9.17, 15) is 0 Å². The summed E-state index contributed by atoms with van der Waals surface area (Å²) >= 11 is 0. The van der Waals surface area contributed by atoms with E-state index in [-0.39, 0.29) is 18.9 Å². The van der Waals surface area contributed by atoms with Gasteiger partial charge in [0.15, 0.2) is 0 Å². The van der Waals surface area contributed by atoms with Gasteiger partial charge in [0.05, 0.1) is 18.1 Å². The number of aromatic nitrogens is 3. The van der Waals surface area contributed by atoms with E-state index in [1.165, 1.54) is 6.33 Å². The Bertz CT molecular complexity index is 539. The summed E-state index contributed by atoms with van der Waals surface area (Å²) in [4.78, 5) is 8.18. The fraction of sp³-hybridized carbons (Fsp3) is 0.455. The second kappa shape index (κ2) is 3.97. The Balaban J connectivity index is 1.99. The van der Waals surface area contributed by atoms with Crippen molar-refractivity contribution >= 4 is 16.9 Å². The van der Waals surface area contributed by atoms with E-state index in [4.69, 9.17) is 15.6 Å². The van der Waals surface area contributed by atoms with Crippen LogP contribution in [0.15, 0.2) is 18.6 Å². The molecule has 1 saturated heterocycles. The Labute approximate surface area is 98.0 Å². The van der Waals surface area contributed by atoms with Crippen LogP contribution in [0.2, 0.25) is 0 Å². The maximum absolute atomic E-state index is 9.06. The molecule has 0 aliphatic carbocycles. The van der Waals surface area contributed by atoms with Crippen molar-refractivity contribution in [3.05, 3.63) is 18.6 Å². The number of aliphatic hydroxyl groups is 1. The molecule has 0 unspecified atom stereocenters. The number of aliphatic hydroxyl groups excluding tert-OH is 1. The van der Waals surface area contributed by atoms with Crippen molar-refractivity contribution in [1.29, 1.82) is 0 Å². The smallest absolute Gasteiger partial charge is 0.147 e. The highest BCUT2D eigenvalue weighted by molar-refractivity contribution is 5.86. The summed E-state index contributed by atoms with van der Waals surface area (Å²) in [6.45, 7) is 0.0623. The number of fused-ring (bicyclic) bond motifs is 1. The van der Waals surface area contributed by atoms with Crippen LogP contribution >= 0.6 is 0 Å². The molecule has 3 N–H and O–H groups in total. The molecule has 6 nitrogen and oxygen atoms in total. The van der Waals surface area contributed by atoms with Crippen molar-refractivity contribution in [1.82, 2.24) is 14.5 Å². The number of hydrogen-bond donors (Lipinski definition) is 2. The van der Waals surface area contributed by atoms with Gasteiger partial charge in [-0.05, 0) is 18.9 Å². The van der Waals surface area contributed by atoms with E-state index in [0.717, 1.165) is 23.9 Å². The maximum atomic E-state index is 9.06. The molecule has 3 rings (SSSR count). The summed E-state index contributed by atoms with van der Waals surface area (Å²) in [5.74, 6) is 0.477. The summed E-state index contributed by atoms with van der Waals surface area (Å²) in [5, 5.41) is 9.90. The summed E-state index contributed by atoms with van der Waals surface area (Å²) in [5.41, 5.74) is 6.56. The zero-order chi connectivity index (χ0) is 11.8. The third-order valence-corrected chi connectivity index (χ3v) is 3.14. The van der Waals surface area contributed by atoms with E-state index in [1.54, 1.807) is 0 Å². The normalized spacial score (nSPS) is 24.5. The maximum Gasteiger partial charge on any atom is 0.147 e. The van der Waals surface area contributed by atoms with Crippen LogP contribution < -0.4 is 5.73 Å². The van der Waals surface area contributed by atoms with Crippen LogP contribution in [0.4, 0.5) is 5.82 Å². The third-order valence-electron chi connectivity index (χ3n) is 3.14. The Hall–Kier alpha value is -1.66. The fourth-order valence-corrected chi connectivity index (χ4v) is 2.25. The van der Waals surface area contributed by atoms with Gasteiger partial charge in [0.25, 0.3) is 0 Å². The predicted octanol–water partition coefficient (Wildman–Crippen LogP) is 0.683. The van der Waals surface area contributed by atoms with E-state index >= 15 is 0 Å². The molecule has 17 heavy (non-hydrogen) atoms. The van der Waals surface area contributed by atoms with Gasteiger partial charge in [-0.1, -0.05) is 0 Å². The topological polar surface area (TPSA) is 86.2 Å². The van der Waals surface area contributed by atoms with Crippen LogP contribution in [0, 0.1) is 0 Å². The number of hydrogen-bond acceptors (Lipinski definition) is 5. The first kappa shape index (κ1) is 10.5. The molecule has 0 saturated carbocycles. The molecule has 0 radical (unpaired) electrons. The molecule has 1 fully saturated rings. The van der Waals surface area contributed by atoms with E-state index in [0.29, 0.717) is 5.82 Å². The predicted molar refractivity (Wildman–Crippen MR) is 62.2 cm³/mol. The zero-order valence-electron chi connectivity index (χ0n) is 9.28. The van der Waals surface area contributed by atoms with Gasteiger partial charge in [0.2, 0.25) is 0 Å². The number of anilines is 1. The number of ether oxygens (including phenoxy) is 1. The van der Waals surface area contributed by atoms with E-state index in [2.05, 4.69) is 9.97 Å². The van der Waals surface area contributed by atoms with Crippen LogP contribution in [0.3, 0.4) is 0 Å². The summed E-state index contributed by atoms with van der Waals surface area (Å²) in [6, 6.07) is 1.89. The SMILES string of the molecule is Nc1ncnc2c1ccn2[C@@H]1CC[C@@H](CO)O1. The Morgan fingerprint density at radius 1 is 1.47 bits per heavy atom. The van der Waals surface area contributed by atoms with Gasteiger partial charge >= 0.3 is 0 Å². The molecule has 6 heteroatoms. The molecule has 0 spiro atoms. The van der Waals surface area contributed by atoms with Crippen molar-refractivity contribution < 1.29 is 9.84 Å². The molecule has 2 aromatic rings. The number of nitrogen functional groups attached to an aromatic ring is 1. The lowest BCUT2D eigenvalue weighted by Crippen LogP contribution is -2.14. The summed E-state index contributed by atoms with van der Waals surface area (Å²) < 4.78 is 7.66. The van der Waals surface area contributed by atoms with Gasteiger partial charge in [-0.25, -0.2) is 9.97 Å². The Kier molecular flexibility index (Phi) is 2.45. The Morgan fingerprint density at radius 3 is 3.12 bits per heavy atom. The molecule has 1 aliphatic rings. The van der Waals surface area contributed by atoms with Crippen LogP contribution in [-0.2, 0) is 4.74 Å². The molecule has 3 heterocycles. The lowest BCUT2D eigenvalue weighted by Gasteiger charge is -2.14. The highest BCUT2D eigenvalue weighted by Gasteiger charge is 2.27. The molecule has 0 aromatic carbocycles. The number of nitrogens with two attached hydrogens (primary N) is 1. The van der Waals surface area contributed by atoms with Crippen molar-refractivity contribution in [2.24, 2.45) is 0 Å². The van der Waals surface area contributed by atoms with Crippen molar-refractivity contribution in [3.8, 4) is 0 Å². The average molecular weight is 234 g/mol. The minimum absolute atomic E-state index is 0.0623. The standard InChI is InChI=1S/C11H14N4O2/c12-10-8-3-4-15(11(8)14-6-13-10)9-2-1-7(5-16)17-9/h3-4,6-7,9,16H,1-2,5H2,(H2,12,13,14)/t7-,9-/m0/s1. The molecule has 0 amide bonds. The second-order valence-electron chi connectivity index (χ2n) is 4.19. The highest BCUT2D eigenvalue weighted by Crippen LogP contribution is 2.31. The van der Waals surface area contributed by atoms with Crippen LogP contribution in [0.25, 0.3) is 11.0 Å².